The van der Waals surface area contributed by atoms with Crippen LogP contribution >= 0.6 is 0 Å². The van der Waals surface area contributed by atoms with Crippen molar-refractivity contribution in [2.75, 3.05) is 0 Å². The highest BCUT2D eigenvalue weighted by atomic mass is 28.3. The van der Waals surface area contributed by atoms with Gasteiger partial charge in [0.1, 0.15) is 0 Å². The van der Waals surface area contributed by atoms with Gasteiger partial charge in [0.2, 0.25) is 0 Å². The summed E-state index contributed by atoms with van der Waals surface area (Å²) in [6, 6.07) is 19.5. The third-order valence-electron chi connectivity index (χ3n) is 3.41. The highest BCUT2D eigenvalue weighted by Crippen LogP contribution is 2.10. The Morgan fingerprint density at radius 2 is 1.53 bits per heavy atom. The summed E-state index contributed by atoms with van der Waals surface area (Å²) >= 11 is 0. The van der Waals surface area contributed by atoms with Gasteiger partial charge in [-0.3, -0.25) is 0 Å². The van der Waals surface area contributed by atoms with Gasteiger partial charge in [0.05, 0.1) is 9.52 Å². The van der Waals surface area contributed by atoms with Crippen LogP contribution in [0.1, 0.15) is 11.1 Å². The van der Waals surface area contributed by atoms with Crippen LogP contribution in [0.25, 0.3) is 0 Å². The van der Waals surface area contributed by atoms with E-state index in [1.54, 1.807) is 10.4 Å². The van der Waals surface area contributed by atoms with Crippen LogP contribution < -0.4 is 10.4 Å². The monoisotopic (exact) mass is 284 g/mol. The average Bonchev–Trinajstić information content (AvgIpc) is 2.33. The average molecular weight is 285 g/mol. The summed E-state index contributed by atoms with van der Waals surface area (Å²) in [7, 11) is -1.30. The molecule has 100 valence electrons. The first-order valence-corrected chi connectivity index (χ1v) is 12.2. The molecule has 0 bridgehead atoms. The molecule has 0 unspecified atom stereocenters. The summed E-state index contributed by atoms with van der Waals surface area (Å²) in [5.41, 5.74) is 2.96. The lowest BCUT2D eigenvalue weighted by molar-refractivity contribution is 1.31. The Morgan fingerprint density at radius 1 is 0.895 bits per heavy atom. The molecular formula is C17H24Si2. The first-order valence-electron chi connectivity index (χ1n) is 7.06. The van der Waals surface area contributed by atoms with E-state index in [4.69, 9.17) is 0 Å². The topological polar surface area (TPSA) is 0 Å². The first-order chi connectivity index (χ1) is 8.94. The summed E-state index contributed by atoms with van der Waals surface area (Å²) in [6.45, 7) is 9.52. The summed E-state index contributed by atoms with van der Waals surface area (Å²) in [6.07, 6.45) is 0. The number of rotatable bonds is 4. The van der Waals surface area contributed by atoms with Gasteiger partial charge in [-0.2, -0.15) is 0 Å². The number of hydrogen-bond acceptors (Lipinski definition) is 0. The van der Waals surface area contributed by atoms with E-state index in [9.17, 15) is 0 Å². The van der Waals surface area contributed by atoms with Crippen molar-refractivity contribution in [3.8, 4) is 0 Å². The second kappa shape index (κ2) is 5.89. The van der Waals surface area contributed by atoms with Crippen LogP contribution in [0.5, 0.6) is 0 Å². The molecule has 0 fully saturated rings. The first kappa shape index (κ1) is 14.3. The minimum absolute atomic E-state index is 0.310. The minimum atomic E-state index is -0.987. The van der Waals surface area contributed by atoms with Crippen LogP contribution in [0.2, 0.25) is 19.6 Å². The molecule has 0 amide bonds. The van der Waals surface area contributed by atoms with E-state index in [2.05, 4.69) is 75.1 Å². The second-order valence-electron chi connectivity index (χ2n) is 6.66. The molecule has 2 rings (SSSR count). The van der Waals surface area contributed by atoms with Gasteiger partial charge in [-0.05, 0) is 13.0 Å². The maximum absolute atomic E-state index is 2.43. The maximum Gasteiger partial charge on any atom is 0.0878 e. The third kappa shape index (κ3) is 4.48. The van der Waals surface area contributed by atoms with Gasteiger partial charge in [0, 0.05) is 8.07 Å². The molecule has 2 aromatic carbocycles. The Balaban J connectivity index is 2.09. The fourth-order valence-corrected chi connectivity index (χ4v) is 5.44. The van der Waals surface area contributed by atoms with Gasteiger partial charge < -0.3 is 0 Å². The number of benzene rings is 2. The van der Waals surface area contributed by atoms with Gasteiger partial charge in [-0.1, -0.05) is 89.7 Å². The predicted molar refractivity (Wildman–Crippen MR) is 92.5 cm³/mol. The van der Waals surface area contributed by atoms with Crippen molar-refractivity contribution in [1.29, 1.82) is 0 Å². The van der Waals surface area contributed by atoms with Crippen molar-refractivity contribution in [2.24, 2.45) is 0 Å². The molecule has 2 aromatic rings. The molecule has 0 radical (unpaired) electrons. The van der Waals surface area contributed by atoms with E-state index >= 15 is 0 Å². The van der Waals surface area contributed by atoms with Crippen molar-refractivity contribution in [2.45, 2.75) is 32.6 Å². The Bertz CT molecular complexity index is 536. The molecule has 2 heteroatoms. The Kier molecular flexibility index (Phi) is 4.43. The molecular weight excluding hydrogens is 260 g/mol. The van der Waals surface area contributed by atoms with Crippen LogP contribution in [-0.4, -0.2) is 17.6 Å². The lowest BCUT2D eigenvalue weighted by Crippen LogP contribution is -2.29. The van der Waals surface area contributed by atoms with Gasteiger partial charge in [-0.25, -0.2) is 0 Å². The van der Waals surface area contributed by atoms with Crippen LogP contribution in [0.4, 0.5) is 0 Å². The van der Waals surface area contributed by atoms with Crippen molar-refractivity contribution >= 4 is 28.0 Å². The summed E-state index contributed by atoms with van der Waals surface area (Å²) < 4.78 is 0. The Labute approximate surface area is 120 Å². The van der Waals surface area contributed by atoms with E-state index in [1.165, 1.54) is 17.2 Å². The second-order valence-corrected chi connectivity index (χ2v) is 14.1. The minimum Gasteiger partial charge on any atom is -0.0693 e. The molecule has 0 aliphatic carbocycles. The maximum atomic E-state index is 2.43. The molecule has 0 atom stereocenters. The fourth-order valence-electron chi connectivity index (χ4n) is 2.42. The van der Waals surface area contributed by atoms with Crippen molar-refractivity contribution < 1.29 is 0 Å². The van der Waals surface area contributed by atoms with E-state index in [-0.39, 0.29) is 9.52 Å². The molecule has 0 nitrogen and oxygen atoms in total. The predicted octanol–water partition coefficient (Wildman–Crippen LogP) is 2.53. The lowest BCUT2D eigenvalue weighted by Gasteiger charge is -2.16. The summed E-state index contributed by atoms with van der Waals surface area (Å²) in [5.74, 6) is 0. The SMILES string of the molecule is Cc1ccccc1[SiH2]c1ccc(C[Si](C)(C)C)cc1. The van der Waals surface area contributed by atoms with E-state index < -0.39 is 8.07 Å². The zero-order chi connectivity index (χ0) is 13.9. The standard InChI is InChI=1S/C17H24Si2/c1-14-7-5-6-8-17(14)18-16-11-9-15(10-12-16)13-19(2,3)4/h5-12H,13,18H2,1-4H3. The van der Waals surface area contributed by atoms with Crippen molar-refractivity contribution in [1.82, 2.24) is 0 Å². The third-order valence-corrected chi connectivity index (χ3v) is 6.94. The zero-order valence-electron chi connectivity index (χ0n) is 12.5. The van der Waals surface area contributed by atoms with Crippen molar-refractivity contribution in [3.63, 3.8) is 0 Å². The Morgan fingerprint density at radius 3 is 2.11 bits per heavy atom. The van der Waals surface area contributed by atoms with Crippen LogP contribution in [0, 0.1) is 6.92 Å². The van der Waals surface area contributed by atoms with Gasteiger partial charge in [-0.15, -0.1) is 0 Å². The molecule has 0 aliphatic heterocycles. The van der Waals surface area contributed by atoms with E-state index in [0.29, 0.717) is 0 Å². The molecule has 0 spiro atoms. The zero-order valence-corrected chi connectivity index (χ0v) is 14.9. The highest BCUT2D eigenvalue weighted by Gasteiger charge is 2.13. The fraction of sp³-hybridized carbons (Fsp3) is 0.294. The van der Waals surface area contributed by atoms with Gasteiger partial charge in [0.25, 0.3) is 0 Å². The van der Waals surface area contributed by atoms with Crippen LogP contribution in [0.15, 0.2) is 48.5 Å². The van der Waals surface area contributed by atoms with Crippen LogP contribution in [0.3, 0.4) is 0 Å². The molecule has 0 saturated carbocycles. The van der Waals surface area contributed by atoms with Crippen molar-refractivity contribution in [3.05, 3.63) is 59.7 Å². The van der Waals surface area contributed by atoms with Gasteiger partial charge in [0.15, 0.2) is 0 Å². The summed E-state index contributed by atoms with van der Waals surface area (Å²) in [5, 5.41) is 3.12. The normalized spacial score (nSPS) is 12.2. The highest BCUT2D eigenvalue weighted by molar-refractivity contribution is 6.75. The largest absolute Gasteiger partial charge is 0.0878 e. The quantitative estimate of drug-likeness (QED) is 0.757. The lowest BCUT2D eigenvalue weighted by atomic mass is 10.2. The Hall–Kier alpha value is -1.13. The molecule has 0 aliphatic rings. The van der Waals surface area contributed by atoms with E-state index in [0.717, 1.165) is 0 Å². The number of hydrogen-bond donors (Lipinski definition) is 0. The smallest absolute Gasteiger partial charge is 0.0693 e. The van der Waals surface area contributed by atoms with Crippen LogP contribution in [-0.2, 0) is 6.04 Å². The number of aryl methyl sites for hydroxylation is 1. The summed E-state index contributed by atoms with van der Waals surface area (Å²) in [4.78, 5) is 0. The molecule has 0 heterocycles. The molecule has 19 heavy (non-hydrogen) atoms. The van der Waals surface area contributed by atoms with E-state index in [1.807, 2.05) is 0 Å². The molecule has 0 saturated heterocycles. The molecule has 0 aromatic heterocycles. The molecule has 0 N–H and O–H groups in total. The van der Waals surface area contributed by atoms with Gasteiger partial charge >= 0.3 is 0 Å².